The third kappa shape index (κ3) is 14.0. The Morgan fingerprint density at radius 2 is 1.47 bits per heavy atom. The van der Waals surface area contributed by atoms with Crippen LogP contribution in [-0.4, -0.2) is 107 Å². The molecule has 7 amide bonds. The first kappa shape index (κ1) is 46.1. The molecule has 0 radical (unpaired) electrons. The van der Waals surface area contributed by atoms with Crippen molar-refractivity contribution in [3.05, 3.63) is 12.2 Å². The van der Waals surface area contributed by atoms with Crippen LogP contribution in [0.4, 0.5) is 0 Å². The highest BCUT2D eigenvalue weighted by atomic mass is 33.1. The first-order chi connectivity index (χ1) is 25.7. The van der Waals surface area contributed by atoms with Gasteiger partial charge < -0.3 is 42.5 Å². The fourth-order valence-electron chi connectivity index (χ4n) is 7.20. The minimum absolute atomic E-state index is 0.0601. The molecule has 0 aromatic heterocycles. The highest BCUT2D eigenvalue weighted by Crippen LogP contribution is 2.45. The van der Waals surface area contributed by atoms with E-state index < -0.39 is 69.2 Å². The van der Waals surface area contributed by atoms with Gasteiger partial charge in [-0.2, -0.15) is 0 Å². The van der Waals surface area contributed by atoms with Gasteiger partial charge in [0.1, 0.15) is 30.2 Å². The highest BCUT2D eigenvalue weighted by Gasteiger charge is 2.43. The van der Waals surface area contributed by atoms with Gasteiger partial charge in [-0.15, -0.1) is 0 Å². The molecule has 2 heterocycles. The van der Waals surface area contributed by atoms with Crippen LogP contribution >= 0.6 is 21.6 Å². The zero-order chi connectivity index (χ0) is 41.1. The molecule has 0 saturated carbocycles. The molecule has 0 aromatic carbocycles. The molecule has 2 saturated heterocycles. The molecule has 0 spiro atoms. The summed E-state index contributed by atoms with van der Waals surface area (Å²) in [5.41, 5.74) is 0. The minimum Gasteiger partial charge on any atom is -0.356 e. The summed E-state index contributed by atoms with van der Waals surface area (Å²) < 4.78 is -1.43. The van der Waals surface area contributed by atoms with Gasteiger partial charge in [0.2, 0.25) is 41.4 Å². The second-order valence-corrected chi connectivity index (χ2v) is 19.8. The molecule has 0 aromatic rings. The van der Waals surface area contributed by atoms with E-state index >= 15 is 0 Å². The summed E-state index contributed by atoms with van der Waals surface area (Å²) in [7, 11) is 2.80. The Kier molecular flexibility index (Phi) is 17.4. The number of rotatable bonds is 9. The van der Waals surface area contributed by atoms with Gasteiger partial charge in [0.15, 0.2) is 0 Å². The normalized spacial score (nSPS) is 32.1. The lowest BCUT2D eigenvalue weighted by molar-refractivity contribution is -0.135. The van der Waals surface area contributed by atoms with Gasteiger partial charge in [0.05, 0.1) is 0 Å². The summed E-state index contributed by atoms with van der Waals surface area (Å²) in [6, 6.07) is -4.79. The van der Waals surface area contributed by atoms with Crippen LogP contribution in [0.2, 0.25) is 0 Å². The van der Waals surface area contributed by atoms with Crippen LogP contribution in [0, 0.1) is 17.8 Å². The summed E-state index contributed by atoms with van der Waals surface area (Å²) in [6.45, 7) is 17.0. The van der Waals surface area contributed by atoms with Gasteiger partial charge in [0, 0.05) is 42.5 Å². The van der Waals surface area contributed by atoms with Gasteiger partial charge >= 0.3 is 0 Å². The monoisotopic (exact) mass is 808 g/mol. The standard InChI is InChI=1S/C38H64N8O7S2/c1-10-27-34(51)46-29(18-25-19-40-30-21(2)14-13-15-26(25)30)35(52)45-28(16-11-12-17-39-23(4)47)33(50)41-20-37(6,7)54-55-38(8,9)31(43-24(5)48)36(53)42-22(3)32(49)44-27/h13-14,21-22,25-31,40H,10-12,15-20H2,1-9H3,(H,39,47)(H,41,50)(H,42,53)(H,43,48)(H,44,49)(H,45,52)(H,46,51)/t21?,22-,25?,26?,27-,28-,29?,30?,31+/m0/s1. The van der Waals surface area contributed by atoms with E-state index in [1.54, 1.807) is 6.92 Å². The number of nitrogens with one attached hydrogen (secondary N) is 8. The number of hydrogen-bond donors (Lipinski definition) is 8. The molecule has 5 unspecified atom stereocenters. The van der Waals surface area contributed by atoms with Crippen LogP contribution in [0.15, 0.2) is 12.2 Å². The summed E-state index contributed by atoms with van der Waals surface area (Å²) in [5.74, 6) is -2.55. The molecule has 2 aliphatic heterocycles. The molecular weight excluding hydrogens is 745 g/mol. The lowest BCUT2D eigenvalue weighted by atomic mass is 9.76. The van der Waals surface area contributed by atoms with Crippen molar-refractivity contribution < 1.29 is 33.6 Å². The third-order valence-electron chi connectivity index (χ3n) is 10.5. The van der Waals surface area contributed by atoms with E-state index in [4.69, 9.17) is 0 Å². The first-order valence-corrected chi connectivity index (χ1v) is 21.7. The fraction of sp³-hybridized carbons (Fsp3) is 0.763. The van der Waals surface area contributed by atoms with Crippen molar-refractivity contribution in [2.24, 2.45) is 17.8 Å². The maximum Gasteiger partial charge on any atom is 0.244 e. The third-order valence-corrected chi connectivity index (χ3v) is 14.7. The Labute approximate surface area is 334 Å². The summed E-state index contributed by atoms with van der Waals surface area (Å²) in [5, 5.41) is 23.4. The second kappa shape index (κ2) is 20.7. The van der Waals surface area contributed by atoms with Crippen molar-refractivity contribution in [3.63, 3.8) is 0 Å². The van der Waals surface area contributed by atoms with E-state index in [-0.39, 0.29) is 42.7 Å². The number of carbonyl (C=O) groups excluding carboxylic acids is 7. The van der Waals surface area contributed by atoms with E-state index in [0.29, 0.717) is 44.7 Å². The van der Waals surface area contributed by atoms with Crippen molar-refractivity contribution in [2.45, 2.75) is 147 Å². The largest absolute Gasteiger partial charge is 0.356 e. The predicted molar refractivity (Wildman–Crippen MR) is 216 cm³/mol. The van der Waals surface area contributed by atoms with E-state index in [2.05, 4.69) is 61.6 Å². The second-order valence-electron chi connectivity index (χ2n) is 16.3. The molecule has 9 atom stereocenters. The van der Waals surface area contributed by atoms with Crippen molar-refractivity contribution >= 4 is 62.9 Å². The van der Waals surface area contributed by atoms with Gasteiger partial charge in [-0.05, 0) is 97.4 Å². The molecule has 15 nitrogen and oxygen atoms in total. The fourth-order valence-corrected chi connectivity index (χ4v) is 9.82. The maximum absolute atomic E-state index is 14.3. The average Bonchev–Trinajstić information content (AvgIpc) is 3.52. The molecule has 2 fully saturated rings. The molecule has 0 bridgehead atoms. The lowest BCUT2D eigenvalue weighted by Crippen LogP contribution is -2.61. The topological polar surface area (TPSA) is 216 Å². The van der Waals surface area contributed by atoms with E-state index in [1.165, 1.54) is 42.4 Å². The number of fused-ring (bicyclic) bond motifs is 1. The zero-order valence-corrected chi connectivity index (χ0v) is 35.5. The van der Waals surface area contributed by atoms with Crippen molar-refractivity contribution in [2.75, 3.05) is 19.6 Å². The molecule has 1 aliphatic carbocycles. The SMILES string of the molecule is CC[C@@H]1NC(=O)[C@H](C)NC(=O)[C@@H](NC(C)=O)C(C)(C)SSC(C)(C)CNC(=O)[C@H](CCCCNC(C)=O)NC(=O)C(CC2CNC3C(C)C=CCC23)NC1=O. The quantitative estimate of drug-likeness (QED) is 0.0953. The van der Waals surface area contributed by atoms with Crippen LogP contribution in [0.25, 0.3) is 0 Å². The Morgan fingerprint density at radius 3 is 2.13 bits per heavy atom. The van der Waals surface area contributed by atoms with Crippen molar-refractivity contribution in [1.82, 2.24) is 42.5 Å². The Bertz CT molecular complexity index is 1440. The Hall–Kier alpha value is -3.31. The molecule has 55 heavy (non-hydrogen) atoms. The average molecular weight is 809 g/mol. The highest BCUT2D eigenvalue weighted by molar-refractivity contribution is 8.77. The van der Waals surface area contributed by atoms with Crippen LogP contribution in [0.3, 0.4) is 0 Å². The Balaban J connectivity index is 1.97. The lowest BCUT2D eigenvalue weighted by Gasteiger charge is -2.36. The van der Waals surface area contributed by atoms with Gasteiger partial charge in [-0.1, -0.05) is 47.6 Å². The van der Waals surface area contributed by atoms with Gasteiger partial charge in [-0.25, -0.2) is 0 Å². The number of amides is 7. The predicted octanol–water partition coefficient (Wildman–Crippen LogP) is 1.43. The summed E-state index contributed by atoms with van der Waals surface area (Å²) >= 11 is 0. The molecule has 310 valence electrons. The zero-order valence-electron chi connectivity index (χ0n) is 33.9. The van der Waals surface area contributed by atoms with E-state index in [9.17, 15) is 33.6 Å². The smallest absolute Gasteiger partial charge is 0.244 e. The maximum atomic E-state index is 14.3. The minimum atomic E-state index is -1.05. The molecule has 3 rings (SSSR count). The number of carbonyl (C=O) groups is 7. The van der Waals surface area contributed by atoms with Crippen LogP contribution in [-0.2, 0) is 33.6 Å². The molecule has 8 N–H and O–H groups in total. The Morgan fingerprint density at radius 1 is 0.818 bits per heavy atom. The first-order valence-electron chi connectivity index (χ1n) is 19.5. The van der Waals surface area contributed by atoms with Crippen LogP contribution < -0.4 is 42.5 Å². The number of allylic oxidation sites excluding steroid dienone is 1. The van der Waals surface area contributed by atoms with Gasteiger partial charge in [0.25, 0.3) is 0 Å². The van der Waals surface area contributed by atoms with Gasteiger partial charge in [-0.3, -0.25) is 33.6 Å². The summed E-state index contributed by atoms with van der Waals surface area (Å²) in [4.78, 5) is 92.8. The molecular formula is C38H64N8O7S2. The number of unbranched alkanes of at least 4 members (excludes halogenated alkanes) is 1. The van der Waals surface area contributed by atoms with Crippen molar-refractivity contribution in [3.8, 4) is 0 Å². The van der Waals surface area contributed by atoms with E-state index in [1.807, 2.05) is 27.7 Å². The van der Waals surface area contributed by atoms with Crippen LogP contribution in [0.5, 0.6) is 0 Å². The van der Waals surface area contributed by atoms with Crippen LogP contribution in [0.1, 0.15) is 101 Å². The molecule has 17 heteroatoms. The molecule has 3 aliphatic rings. The van der Waals surface area contributed by atoms with Crippen molar-refractivity contribution in [1.29, 1.82) is 0 Å². The summed E-state index contributed by atoms with van der Waals surface area (Å²) in [6.07, 6.45) is 7.15. The van der Waals surface area contributed by atoms with E-state index in [0.717, 1.165) is 6.42 Å². The number of hydrogen-bond acceptors (Lipinski definition) is 10.